The molecule has 0 fully saturated rings. The van der Waals surface area contributed by atoms with Crippen LogP contribution in [0.4, 0.5) is 11.4 Å². The summed E-state index contributed by atoms with van der Waals surface area (Å²) in [5.41, 5.74) is 3.47. The van der Waals surface area contributed by atoms with Crippen LogP contribution in [0.25, 0.3) is 0 Å². The summed E-state index contributed by atoms with van der Waals surface area (Å²) in [6.07, 6.45) is 4.66. The smallest absolute Gasteiger partial charge is 0.196 e. The summed E-state index contributed by atoms with van der Waals surface area (Å²) in [6.45, 7) is 9.28. The van der Waals surface area contributed by atoms with Gasteiger partial charge in [0.1, 0.15) is 0 Å². The molecule has 1 aliphatic rings. The Labute approximate surface area is 174 Å². The summed E-state index contributed by atoms with van der Waals surface area (Å²) >= 11 is 0. The van der Waals surface area contributed by atoms with E-state index < -0.39 is 0 Å². The summed E-state index contributed by atoms with van der Waals surface area (Å²) in [4.78, 5) is 26.7. The molecule has 0 amide bonds. The van der Waals surface area contributed by atoms with E-state index in [9.17, 15) is 9.59 Å². The van der Waals surface area contributed by atoms with Gasteiger partial charge in [-0.05, 0) is 38.3 Å². The Hall–Kier alpha value is -2.62. The zero-order valence-corrected chi connectivity index (χ0v) is 18.0. The molecule has 4 heteroatoms. The summed E-state index contributed by atoms with van der Waals surface area (Å²) < 4.78 is 0. The molecule has 0 saturated carbocycles. The largest absolute Gasteiger partial charge is 0.384 e. The number of fused-ring (bicyclic) bond motifs is 2. The van der Waals surface area contributed by atoms with Crippen molar-refractivity contribution in [1.82, 2.24) is 0 Å². The topological polar surface area (TPSA) is 58.2 Å². The number of carbonyl (C=O) groups excluding carboxylic acids is 2. The van der Waals surface area contributed by atoms with Gasteiger partial charge in [0.15, 0.2) is 11.6 Å². The Kier molecular flexibility index (Phi) is 6.73. The maximum absolute atomic E-state index is 13.4. The van der Waals surface area contributed by atoms with E-state index in [0.29, 0.717) is 28.2 Å². The van der Waals surface area contributed by atoms with Gasteiger partial charge in [-0.3, -0.25) is 9.59 Å². The van der Waals surface area contributed by atoms with Gasteiger partial charge in [0.05, 0.1) is 11.1 Å². The molecule has 1 aliphatic carbocycles. The highest BCUT2D eigenvalue weighted by atomic mass is 16.1. The van der Waals surface area contributed by atoms with Crippen molar-refractivity contribution in [2.24, 2.45) is 5.92 Å². The second-order valence-corrected chi connectivity index (χ2v) is 8.21. The number of ketones is 2. The van der Waals surface area contributed by atoms with Crippen LogP contribution in [-0.4, -0.2) is 24.2 Å². The summed E-state index contributed by atoms with van der Waals surface area (Å²) in [5, 5.41) is 6.84. The number of rotatable bonds is 9. The molecule has 1 atom stereocenters. The van der Waals surface area contributed by atoms with Gasteiger partial charge < -0.3 is 10.6 Å². The van der Waals surface area contributed by atoms with Crippen molar-refractivity contribution in [3.05, 3.63) is 58.7 Å². The Balaban J connectivity index is 2.02. The first kappa shape index (κ1) is 21.1. The van der Waals surface area contributed by atoms with Crippen LogP contribution in [0.5, 0.6) is 0 Å². The quantitative estimate of drug-likeness (QED) is 0.475. The lowest BCUT2D eigenvalue weighted by Gasteiger charge is -2.25. The predicted molar refractivity (Wildman–Crippen MR) is 120 cm³/mol. The minimum Gasteiger partial charge on any atom is -0.384 e. The third kappa shape index (κ3) is 4.36. The standard InChI is InChI=1S/C25H32N2O2/c1-5-7-10-17(6-2)15-26-20-13-14-21(27-16(3)4)23-22(20)24(28)18-11-8-9-12-19(18)25(23)29/h8-9,11-14,16-17,26-27H,5-7,10,15H2,1-4H3. The fourth-order valence-electron chi connectivity index (χ4n) is 4.00. The Morgan fingerprint density at radius 3 is 2.00 bits per heavy atom. The molecule has 0 saturated heterocycles. The molecule has 2 aromatic rings. The highest BCUT2D eigenvalue weighted by molar-refractivity contribution is 6.31. The van der Waals surface area contributed by atoms with Crippen LogP contribution in [0.3, 0.4) is 0 Å². The zero-order valence-electron chi connectivity index (χ0n) is 18.0. The predicted octanol–water partition coefficient (Wildman–Crippen LogP) is 5.91. The summed E-state index contributed by atoms with van der Waals surface area (Å²) in [5.74, 6) is 0.396. The van der Waals surface area contributed by atoms with E-state index in [1.54, 1.807) is 12.1 Å². The van der Waals surface area contributed by atoms with Gasteiger partial charge in [0.2, 0.25) is 0 Å². The van der Waals surface area contributed by atoms with E-state index in [2.05, 4.69) is 24.5 Å². The molecule has 29 heavy (non-hydrogen) atoms. The van der Waals surface area contributed by atoms with E-state index in [0.717, 1.165) is 24.3 Å². The Morgan fingerprint density at radius 2 is 1.45 bits per heavy atom. The lowest BCUT2D eigenvalue weighted by Crippen LogP contribution is -2.26. The maximum Gasteiger partial charge on any atom is 0.196 e. The van der Waals surface area contributed by atoms with Gasteiger partial charge in [0.25, 0.3) is 0 Å². The van der Waals surface area contributed by atoms with E-state index in [1.165, 1.54) is 19.3 Å². The molecule has 0 bridgehead atoms. The minimum absolute atomic E-state index is 0.0771. The lowest BCUT2D eigenvalue weighted by atomic mass is 9.82. The first-order valence-corrected chi connectivity index (χ1v) is 10.8. The van der Waals surface area contributed by atoms with Crippen molar-refractivity contribution in [2.75, 3.05) is 17.2 Å². The molecule has 0 spiro atoms. The number of hydrogen-bond acceptors (Lipinski definition) is 4. The normalized spacial score (nSPS) is 13.8. The second-order valence-electron chi connectivity index (χ2n) is 8.21. The second kappa shape index (κ2) is 9.25. The van der Waals surface area contributed by atoms with Crippen molar-refractivity contribution in [3.63, 3.8) is 0 Å². The number of anilines is 2. The molecular formula is C25H32N2O2. The molecule has 154 valence electrons. The van der Waals surface area contributed by atoms with Crippen LogP contribution in [0, 0.1) is 5.92 Å². The van der Waals surface area contributed by atoms with Gasteiger partial charge in [-0.2, -0.15) is 0 Å². The Bertz CT molecular complexity index is 902. The van der Waals surface area contributed by atoms with E-state index in [1.807, 2.05) is 38.1 Å². The minimum atomic E-state index is -0.0833. The zero-order chi connectivity index (χ0) is 21.0. The lowest BCUT2D eigenvalue weighted by molar-refractivity contribution is 0.0980. The summed E-state index contributed by atoms with van der Waals surface area (Å²) in [6, 6.07) is 11.2. The molecule has 4 nitrogen and oxygen atoms in total. The molecule has 3 rings (SSSR count). The third-order valence-corrected chi connectivity index (χ3v) is 5.64. The van der Waals surface area contributed by atoms with Crippen molar-refractivity contribution in [1.29, 1.82) is 0 Å². The number of hydrogen-bond donors (Lipinski definition) is 2. The van der Waals surface area contributed by atoms with Gasteiger partial charge in [-0.1, -0.05) is 57.4 Å². The molecule has 2 N–H and O–H groups in total. The van der Waals surface area contributed by atoms with Gasteiger partial charge >= 0.3 is 0 Å². The van der Waals surface area contributed by atoms with Crippen molar-refractivity contribution >= 4 is 22.9 Å². The molecule has 0 radical (unpaired) electrons. The first-order chi connectivity index (χ1) is 14.0. The molecule has 0 heterocycles. The maximum atomic E-state index is 13.4. The highest BCUT2D eigenvalue weighted by Crippen LogP contribution is 2.37. The SMILES string of the molecule is CCCCC(CC)CNc1ccc(NC(C)C)c2c1C(=O)c1ccccc1C2=O. The molecule has 1 unspecified atom stereocenters. The van der Waals surface area contributed by atoms with Crippen LogP contribution in [-0.2, 0) is 0 Å². The van der Waals surface area contributed by atoms with E-state index >= 15 is 0 Å². The molecular weight excluding hydrogens is 360 g/mol. The van der Waals surface area contributed by atoms with E-state index in [4.69, 9.17) is 0 Å². The number of carbonyl (C=O) groups is 2. The average Bonchev–Trinajstić information content (AvgIpc) is 2.72. The number of nitrogens with one attached hydrogen (secondary N) is 2. The van der Waals surface area contributed by atoms with Gasteiger partial charge in [-0.15, -0.1) is 0 Å². The van der Waals surface area contributed by atoms with Crippen LogP contribution in [0.2, 0.25) is 0 Å². The van der Waals surface area contributed by atoms with Crippen molar-refractivity contribution in [2.45, 2.75) is 59.4 Å². The fraction of sp³-hybridized carbons (Fsp3) is 0.440. The number of benzene rings is 2. The van der Waals surface area contributed by atoms with Crippen LogP contribution < -0.4 is 10.6 Å². The highest BCUT2D eigenvalue weighted by Gasteiger charge is 2.34. The van der Waals surface area contributed by atoms with Crippen LogP contribution >= 0.6 is 0 Å². The Morgan fingerprint density at radius 1 is 0.862 bits per heavy atom. The molecule has 0 aliphatic heterocycles. The molecule has 0 aromatic heterocycles. The van der Waals surface area contributed by atoms with Gasteiger partial charge in [0, 0.05) is 35.1 Å². The van der Waals surface area contributed by atoms with Crippen LogP contribution in [0.1, 0.15) is 85.2 Å². The van der Waals surface area contributed by atoms with Crippen molar-refractivity contribution in [3.8, 4) is 0 Å². The average molecular weight is 393 g/mol. The van der Waals surface area contributed by atoms with E-state index in [-0.39, 0.29) is 17.6 Å². The monoisotopic (exact) mass is 392 g/mol. The third-order valence-electron chi connectivity index (χ3n) is 5.64. The first-order valence-electron chi connectivity index (χ1n) is 10.8. The molecule has 2 aromatic carbocycles. The summed E-state index contributed by atoms with van der Waals surface area (Å²) in [7, 11) is 0. The number of unbranched alkanes of at least 4 members (excludes halogenated alkanes) is 1. The van der Waals surface area contributed by atoms with Gasteiger partial charge in [-0.25, -0.2) is 0 Å². The van der Waals surface area contributed by atoms with Crippen molar-refractivity contribution < 1.29 is 9.59 Å². The fourth-order valence-corrected chi connectivity index (χ4v) is 4.00. The van der Waals surface area contributed by atoms with Crippen LogP contribution in [0.15, 0.2) is 36.4 Å².